The maximum atomic E-state index is 12.0. The summed E-state index contributed by atoms with van der Waals surface area (Å²) >= 11 is 0. The predicted octanol–water partition coefficient (Wildman–Crippen LogP) is -0.730. The van der Waals surface area contributed by atoms with Crippen molar-refractivity contribution >= 4 is 21.6 Å². The fourth-order valence-corrected chi connectivity index (χ4v) is 2.79. The first-order valence-electron chi connectivity index (χ1n) is 5.95. The zero-order valence-electron chi connectivity index (χ0n) is 10.9. The lowest BCUT2D eigenvalue weighted by atomic mass is 10.3. The Kier molecular flexibility index (Phi) is 3.25. The van der Waals surface area contributed by atoms with Crippen molar-refractivity contribution in [2.24, 2.45) is 0 Å². The summed E-state index contributed by atoms with van der Waals surface area (Å²) in [7, 11) is -3.93. The second-order valence-corrected chi connectivity index (χ2v) is 6.08. The zero-order valence-corrected chi connectivity index (χ0v) is 11.7. The summed E-state index contributed by atoms with van der Waals surface area (Å²) in [5.74, 6) is -1.36. The highest BCUT2D eigenvalue weighted by atomic mass is 32.2. The van der Waals surface area contributed by atoms with E-state index in [2.05, 4.69) is 19.9 Å². The normalized spacial score (nSPS) is 11.6. The third kappa shape index (κ3) is 2.74. The fourth-order valence-electron chi connectivity index (χ4n) is 1.78. The molecule has 114 valence electrons. The number of H-pyrrole nitrogens is 1. The minimum Gasteiger partial charge on any atom is -0.364 e. The van der Waals surface area contributed by atoms with Gasteiger partial charge in [-0.15, -0.1) is 0 Å². The van der Waals surface area contributed by atoms with Crippen LogP contribution in [-0.2, 0) is 15.8 Å². The van der Waals surface area contributed by atoms with E-state index in [-0.39, 0.29) is 11.3 Å². The lowest BCUT2D eigenvalue weighted by molar-refractivity contribution is 0.0981. The smallest absolute Gasteiger partial charge is 0.347 e. The minimum absolute atomic E-state index is 0.000252. The molecule has 0 aliphatic carbocycles. The van der Waals surface area contributed by atoms with Gasteiger partial charge >= 0.3 is 5.69 Å². The van der Waals surface area contributed by atoms with Crippen LogP contribution in [0.15, 0.2) is 40.0 Å². The Balaban J connectivity index is 1.83. The second-order valence-electron chi connectivity index (χ2n) is 4.36. The number of amides is 1. The maximum absolute atomic E-state index is 12.0. The molecule has 1 amide bonds. The quantitative estimate of drug-likeness (QED) is 0.645. The van der Waals surface area contributed by atoms with Gasteiger partial charge in [-0.1, -0.05) is 5.16 Å². The number of hydrogen-bond acceptors (Lipinski definition) is 7. The molecular weight excluding hydrogens is 314 g/mol. The van der Waals surface area contributed by atoms with E-state index < -0.39 is 27.4 Å². The molecule has 0 fully saturated rings. The number of aromatic amines is 1. The van der Waals surface area contributed by atoms with E-state index >= 15 is 0 Å². The van der Waals surface area contributed by atoms with Crippen molar-refractivity contribution in [3.63, 3.8) is 0 Å². The van der Waals surface area contributed by atoms with Gasteiger partial charge in [0.25, 0.3) is 5.91 Å². The van der Waals surface area contributed by atoms with Crippen LogP contribution in [0.1, 0.15) is 16.1 Å². The van der Waals surface area contributed by atoms with E-state index in [9.17, 15) is 18.0 Å². The van der Waals surface area contributed by atoms with Crippen molar-refractivity contribution in [1.82, 2.24) is 24.5 Å². The van der Waals surface area contributed by atoms with E-state index in [1.165, 1.54) is 30.7 Å². The first-order valence-corrected chi connectivity index (χ1v) is 7.61. The number of sulfonamides is 1. The Hall–Kier alpha value is -2.95. The molecule has 0 spiro atoms. The average molecular weight is 323 g/mol. The van der Waals surface area contributed by atoms with Crippen LogP contribution in [0.25, 0.3) is 5.65 Å². The molecule has 3 rings (SSSR count). The van der Waals surface area contributed by atoms with E-state index in [0.29, 0.717) is 5.65 Å². The first kappa shape index (κ1) is 14.0. The summed E-state index contributed by atoms with van der Waals surface area (Å²) < 4.78 is 31.2. The molecule has 0 atom stereocenters. The third-order valence-electron chi connectivity index (χ3n) is 2.75. The van der Waals surface area contributed by atoms with Crippen LogP contribution in [0.4, 0.5) is 0 Å². The van der Waals surface area contributed by atoms with Crippen LogP contribution in [0.2, 0.25) is 0 Å². The summed E-state index contributed by atoms with van der Waals surface area (Å²) in [6.45, 7) is 0. The Morgan fingerprint density at radius 3 is 2.91 bits per heavy atom. The van der Waals surface area contributed by atoms with Gasteiger partial charge in [0.1, 0.15) is 17.7 Å². The molecule has 11 heteroatoms. The number of hydrogen-bond donors (Lipinski definition) is 2. The molecule has 0 aromatic carbocycles. The Morgan fingerprint density at radius 2 is 2.18 bits per heavy atom. The van der Waals surface area contributed by atoms with Gasteiger partial charge in [0.15, 0.2) is 5.65 Å². The first-order chi connectivity index (χ1) is 10.4. The number of carbonyl (C=O) groups is 1. The molecule has 0 saturated heterocycles. The van der Waals surface area contributed by atoms with Gasteiger partial charge in [0.05, 0.1) is 5.56 Å². The molecule has 10 nitrogen and oxygen atoms in total. The van der Waals surface area contributed by atoms with Crippen LogP contribution in [0.3, 0.4) is 0 Å². The number of carbonyl (C=O) groups excluding carboxylic acids is 1. The van der Waals surface area contributed by atoms with E-state index in [4.69, 9.17) is 0 Å². The molecule has 0 unspecified atom stereocenters. The number of nitrogens with zero attached hydrogens (tertiary/aromatic N) is 3. The van der Waals surface area contributed by atoms with Gasteiger partial charge in [-0.25, -0.2) is 27.4 Å². The molecule has 0 aliphatic rings. The SMILES string of the molecule is O=C(NS(=O)(=O)Cc1ccon1)c1ccc2n[nH]c(=O)n2c1. The summed E-state index contributed by atoms with van der Waals surface area (Å²) in [6.07, 6.45) is 2.42. The molecule has 3 aromatic heterocycles. The van der Waals surface area contributed by atoms with Gasteiger partial charge < -0.3 is 4.52 Å². The van der Waals surface area contributed by atoms with Crippen molar-refractivity contribution < 1.29 is 17.7 Å². The van der Waals surface area contributed by atoms with Gasteiger partial charge in [-0.05, 0) is 12.1 Å². The van der Waals surface area contributed by atoms with Crippen LogP contribution in [-0.4, -0.2) is 34.1 Å². The number of fused-ring (bicyclic) bond motifs is 1. The van der Waals surface area contributed by atoms with Gasteiger partial charge in [-0.3, -0.25) is 4.79 Å². The van der Waals surface area contributed by atoms with Crippen molar-refractivity contribution in [2.75, 3.05) is 0 Å². The molecule has 0 radical (unpaired) electrons. The number of rotatable bonds is 4. The lowest BCUT2D eigenvalue weighted by Crippen LogP contribution is -2.32. The number of pyridine rings is 1. The molecule has 3 aromatic rings. The monoisotopic (exact) mass is 323 g/mol. The summed E-state index contributed by atoms with van der Waals surface area (Å²) in [5.41, 5.74) is -0.0522. The highest BCUT2D eigenvalue weighted by Crippen LogP contribution is 2.05. The van der Waals surface area contributed by atoms with Gasteiger partial charge in [0, 0.05) is 12.3 Å². The Morgan fingerprint density at radius 1 is 1.36 bits per heavy atom. The predicted molar refractivity (Wildman–Crippen MR) is 72.4 cm³/mol. The second kappa shape index (κ2) is 5.11. The van der Waals surface area contributed by atoms with E-state index in [0.717, 1.165) is 4.40 Å². The van der Waals surface area contributed by atoms with E-state index in [1.807, 2.05) is 4.72 Å². The van der Waals surface area contributed by atoms with Crippen molar-refractivity contribution in [3.8, 4) is 0 Å². The summed E-state index contributed by atoms with van der Waals surface area (Å²) in [6, 6.07) is 4.15. The van der Waals surface area contributed by atoms with Gasteiger partial charge in [-0.2, -0.15) is 5.10 Å². The molecular formula is C11H9N5O5S. The third-order valence-corrected chi connectivity index (χ3v) is 3.92. The van der Waals surface area contributed by atoms with Crippen molar-refractivity contribution in [2.45, 2.75) is 5.75 Å². The highest BCUT2D eigenvalue weighted by Gasteiger charge is 2.19. The fraction of sp³-hybridized carbons (Fsp3) is 0.0909. The lowest BCUT2D eigenvalue weighted by Gasteiger charge is -2.05. The van der Waals surface area contributed by atoms with Crippen molar-refractivity contribution in [1.29, 1.82) is 0 Å². The number of nitrogens with one attached hydrogen (secondary N) is 2. The average Bonchev–Trinajstić information content (AvgIpc) is 3.08. The summed E-state index contributed by atoms with van der Waals surface area (Å²) in [4.78, 5) is 23.4. The van der Waals surface area contributed by atoms with Crippen LogP contribution in [0.5, 0.6) is 0 Å². The largest absolute Gasteiger partial charge is 0.364 e. The van der Waals surface area contributed by atoms with Crippen LogP contribution in [0, 0.1) is 0 Å². The molecule has 0 bridgehead atoms. The van der Waals surface area contributed by atoms with E-state index in [1.54, 1.807) is 0 Å². The maximum Gasteiger partial charge on any atom is 0.347 e. The van der Waals surface area contributed by atoms with Crippen LogP contribution >= 0.6 is 0 Å². The Bertz CT molecular complexity index is 985. The molecule has 3 heterocycles. The number of aromatic nitrogens is 4. The Labute approximate surface area is 122 Å². The molecule has 0 aliphatic heterocycles. The molecule has 22 heavy (non-hydrogen) atoms. The minimum atomic E-state index is -3.93. The zero-order chi connectivity index (χ0) is 15.7. The molecule has 2 N–H and O–H groups in total. The topological polar surface area (TPSA) is 139 Å². The van der Waals surface area contributed by atoms with Crippen molar-refractivity contribution in [3.05, 3.63) is 52.4 Å². The standard InChI is InChI=1S/C11H9N5O5S/c17-10(15-22(19,20)6-8-3-4-21-14-8)7-1-2-9-12-13-11(18)16(9)5-7/h1-5H,6H2,(H,13,18)(H,15,17). The van der Waals surface area contributed by atoms with Crippen LogP contribution < -0.4 is 10.4 Å². The molecule has 0 saturated carbocycles. The summed E-state index contributed by atoms with van der Waals surface area (Å²) in [5, 5.41) is 9.37. The van der Waals surface area contributed by atoms with Gasteiger partial charge in [0.2, 0.25) is 10.0 Å². The highest BCUT2D eigenvalue weighted by molar-refractivity contribution is 7.89.